The zero-order valence-electron chi connectivity index (χ0n) is 17.5. The number of nitrogens with zero attached hydrogens (tertiary/aromatic N) is 2. The van der Waals surface area contributed by atoms with Gasteiger partial charge >= 0.3 is 0 Å². The van der Waals surface area contributed by atoms with Crippen LogP contribution in [-0.4, -0.2) is 28.9 Å². The summed E-state index contributed by atoms with van der Waals surface area (Å²) in [6.07, 6.45) is 3.05. The number of ketones is 1. The number of carbonyl (C=O) groups is 2. The van der Waals surface area contributed by atoms with Crippen molar-refractivity contribution < 1.29 is 19.4 Å². The molecular formula is C25H22N2O4. The van der Waals surface area contributed by atoms with Gasteiger partial charge < -0.3 is 9.84 Å². The number of pyridine rings is 1. The van der Waals surface area contributed by atoms with Crippen LogP contribution >= 0.6 is 0 Å². The second kappa shape index (κ2) is 8.07. The minimum Gasteiger partial charge on any atom is -0.507 e. The highest BCUT2D eigenvalue weighted by molar-refractivity contribution is 6.51. The minimum absolute atomic E-state index is 0.0422. The molecule has 6 heteroatoms. The lowest BCUT2D eigenvalue weighted by Gasteiger charge is -2.26. The molecule has 1 aromatic heterocycles. The number of aliphatic hydroxyl groups is 1. The molecule has 3 aromatic rings. The third-order valence-electron chi connectivity index (χ3n) is 5.31. The molecule has 0 radical (unpaired) electrons. The van der Waals surface area contributed by atoms with Crippen LogP contribution < -0.4 is 9.64 Å². The maximum absolute atomic E-state index is 13.2. The van der Waals surface area contributed by atoms with E-state index in [9.17, 15) is 14.7 Å². The number of aliphatic hydroxyl groups excluding tert-OH is 1. The standard InChI is InChI=1S/C25H22N2O4/c1-15-12-16(2)14-19(13-15)27-22(17-4-6-20(31-3)7-5-17)21(24(29)25(27)30)23(28)18-8-10-26-11-9-18/h4-14,22,28H,1-3H3/b23-21+. The first-order chi connectivity index (χ1) is 14.9. The normalized spacial score (nSPS) is 17.8. The lowest BCUT2D eigenvalue weighted by atomic mass is 9.95. The highest BCUT2D eigenvalue weighted by Crippen LogP contribution is 2.42. The number of aromatic nitrogens is 1. The van der Waals surface area contributed by atoms with Gasteiger partial charge in [0, 0.05) is 23.6 Å². The summed E-state index contributed by atoms with van der Waals surface area (Å²) in [6, 6.07) is 15.3. The van der Waals surface area contributed by atoms with Crippen LogP contribution in [0.15, 0.2) is 72.6 Å². The van der Waals surface area contributed by atoms with Crippen LogP contribution in [0.25, 0.3) is 5.76 Å². The lowest BCUT2D eigenvalue weighted by molar-refractivity contribution is -0.132. The van der Waals surface area contributed by atoms with E-state index >= 15 is 0 Å². The lowest BCUT2D eigenvalue weighted by Crippen LogP contribution is -2.29. The molecule has 0 aliphatic carbocycles. The summed E-state index contributed by atoms with van der Waals surface area (Å²) in [6.45, 7) is 3.87. The van der Waals surface area contributed by atoms with Crippen LogP contribution in [0.2, 0.25) is 0 Å². The Bertz CT molecular complexity index is 1160. The molecule has 6 nitrogen and oxygen atoms in total. The first-order valence-corrected chi connectivity index (χ1v) is 9.84. The van der Waals surface area contributed by atoms with Gasteiger partial charge in [-0.05, 0) is 66.9 Å². The Morgan fingerprint density at radius 2 is 1.58 bits per heavy atom. The van der Waals surface area contributed by atoms with E-state index in [4.69, 9.17) is 4.74 Å². The van der Waals surface area contributed by atoms with Crippen LogP contribution in [0.3, 0.4) is 0 Å². The van der Waals surface area contributed by atoms with E-state index in [1.165, 1.54) is 17.3 Å². The van der Waals surface area contributed by atoms with Gasteiger partial charge in [-0.2, -0.15) is 0 Å². The second-order valence-electron chi connectivity index (χ2n) is 7.52. The first-order valence-electron chi connectivity index (χ1n) is 9.84. The van der Waals surface area contributed by atoms with Crippen LogP contribution in [-0.2, 0) is 9.59 Å². The van der Waals surface area contributed by atoms with E-state index in [0.29, 0.717) is 22.6 Å². The van der Waals surface area contributed by atoms with Gasteiger partial charge in [0.05, 0.1) is 18.7 Å². The van der Waals surface area contributed by atoms with E-state index in [0.717, 1.165) is 11.1 Å². The number of rotatable bonds is 4. The van der Waals surface area contributed by atoms with Crippen molar-refractivity contribution in [1.82, 2.24) is 4.98 Å². The van der Waals surface area contributed by atoms with Crippen molar-refractivity contribution in [1.29, 1.82) is 0 Å². The first kappa shape index (κ1) is 20.3. The second-order valence-corrected chi connectivity index (χ2v) is 7.52. The number of hydrogen-bond donors (Lipinski definition) is 1. The smallest absolute Gasteiger partial charge is 0.300 e. The van der Waals surface area contributed by atoms with Crippen molar-refractivity contribution in [2.24, 2.45) is 0 Å². The molecule has 1 unspecified atom stereocenters. The van der Waals surface area contributed by atoms with Gasteiger partial charge in [-0.3, -0.25) is 19.5 Å². The van der Waals surface area contributed by atoms with Gasteiger partial charge in [-0.1, -0.05) is 18.2 Å². The zero-order chi connectivity index (χ0) is 22.1. The molecule has 1 aliphatic heterocycles. The SMILES string of the molecule is COc1ccc(C2/C(=C(\O)c3ccncc3)C(=O)C(=O)N2c2cc(C)cc(C)c2)cc1. The maximum atomic E-state index is 13.2. The van der Waals surface area contributed by atoms with E-state index in [-0.39, 0.29) is 11.3 Å². The van der Waals surface area contributed by atoms with Gasteiger partial charge in [-0.25, -0.2) is 0 Å². The molecule has 0 saturated carbocycles. The van der Waals surface area contributed by atoms with Gasteiger partial charge in [0.15, 0.2) is 0 Å². The fraction of sp³-hybridized carbons (Fsp3) is 0.160. The van der Waals surface area contributed by atoms with Crippen molar-refractivity contribution >= 4 is 23.1 Å². The highest BCUT2D eigenvalue weighted by Gasteiger charge is 2.47. The molecule has 0 bridgehead atoms. The van der Waals surface area contributed by atoms with Gasteiger partial charge in [0.25, 0.3) is 11.7 Å². The monoisotopic (exact) mass is 414 g/mol. The molecule has 1 atom stereocenters. The number of anilines is 1. The average Bonchev–Trinajstić information content (AvgIpc) is 3.04. The maximum Gasteiger partial charge on any atom is 0.300 e. The molecule has 0 spiro atoms. The van der Waals surface area contributed by atoms with E-state index < -0.39 is 17.7 Å². The molecule has 4 rings (SSSR count). The fourth-order valence-corrected chi connectivity index (χ4v) is 3.96. The van der Waals surface area contributed by atoms with Crippen LogP contribution in [0.4, 0.5) is 5.69 Å². The topological polar surface area (TPSA) is 79.7 Å². The Hall–Kier alpha value is -3.93. The van der Waals surface area contributed by atoms with Crippen LogP contribution in [0, 0.1) is 13.8 Å². The number of hydrogen-bond acceptors (Lipinski definition) is 5. The summed E-state index contributed by atoms with van der Waals surface area (Å²) in [4.78, 5) is 31.7. The van der Waals surface area contributed by atoms with Gasteiger partial charge in [-0.15, -0.1) is 0 Å². The molecule has 2 heterocycles. The Labute approximate surface area is 180 Å². The molecule has 1 fully saturated rings. The number of aryl methyl sites for hydroxylation is 2. The number of methoxy groups -OCH3 is 1. The molecule has 156 valence electrons. The van der Waals surface area contributed by atoms with Gasteiger partial charge in [0.2, 0.25) is 0 Å². The van der Waals surface area contributed by atoms with Crippen molar-refractivity contribution in [3.8, 4) is 5.75 Å². The van der Waals surface area contributed by atoms with Crippen molar-refractivity contribution in [2.75, 3.05) is 12.0 Å². The number of amides is 1. The van der Waals surface area contributed by atoms with Crippen molar-refractivity contribution in [3.05, 3.63) is 94.8 Å². The predicted octanol–water partition coefficient (Wildman–Crippen LogP) is 4.33. The number of carbonyl (C=O) groups excluding carboxylic acids is 2. The molecule has 2 aromatic carbocycles. The number of ether oxygens (including phenoxy) is 1. The summed E-state index contributed by atoms with van der Waals surface area (Å²) < 4.78 is 5.24. The molecule has 31 heavy (non-hydrogen) atoms. The molecular weight excluding hydrogens is 392 g/mol. The Balaban J connectivity index is 1.95. The molecule has 1 saturated heterocycles. The zero-order valence-corrected chi connectivity index (χ0v) is 17.5. The van der Waals surface area contributed by atoms with E-state index in [2.05, 4.69) is 4.98 Å². The predicted molar refractivity (Wildman–Crippen MR) is 118 cm³/mol. The van der Waals surface area contributed by atoms with Crippen LogP contribution in [0.5, 0.6) is 5.75 Å². The van der Waals surface area contributed by atoms with E-state index in [1.54, 1.807) is 43.5 Å². The molecule has 1 aliphatic rings. The van der Waals surface area contributed by atoms with Crippen molar-refractivity contribution in [2.45, 2.75) is 19.9 Å². The quantitative estimate of drug-likeness (QED) is 0.390. The largest absolute Gasteiger partial charge is 0.507 e. The summed E-state index contributed by atoms with van der Waals surface area (Å²) >= 11 is 0. The van der Waals surface area contributed by atoms with E-state index in [1.807, 2.05) is 32.0 Å². The summed E-state index contributed by atoms with van der Waals surface area (Å²) in [5.41, 5.74) is 3.70. The molecule has 1 amide bonds. The van der Waals surface area contributed by atoms with Crippen molar-refractivity contribution in [3.63, 3.8) is 0 Å². The summed E-state index contributed by atoms with van der Waals surface area (Å²) in [5, 5.41) is 11.0. The highest BCUT2D eigenvalue weighted by atomic mass is 16.5. The Morgan fingerprint density at radius 1 is 0.968 bits per heavy atom. The third-order valence-corrected chi connectivity index (χ3v) is 5.31. The molecule has 1 N–H and O–H groups in total. The average molecular weight is 414 g/mol. The Morgan fingerprint density at radius 3 is 2.16 bits per heavy atom. The third kappa shape index (κ3) is 3.68. The number of Topliss-reactive ketones (excluding diaryl/α,β-unsaturated/α-hetero) is 1. The summed E-state index contributed by atoms with van der Waals surface area (Å²) in [7, 11) is 1.57. The number of benzene rings is 2. The Kier molecular flexibility index (Phi) is 5.29. The minimum atomic E-state index is -0.778. The van der Waals surface area contributed by atoms with Crippen LogP contribution in [0.1, 0.15) is 28.3 Å². The summed E-state index contributed by atoms with van der Waals surface area (Å²) in [5.74, 6) is -0.981. The van der Waals surface area contributed by atoms with Gasteiger partial charge in [0.1, 0.15) is 11.5 Å². The fourth-order valence-electron chi connectivity index (χ4n) is 3.96.